The van der Waals surface area contributed by atoms with E-state index in [1.807, 2.05) is 0 Å². The summed E-state index contributed by atoms with van der Waals surface area (Å²) in [6.45, 7) is 6.76. The third-order valence-electron chi connectivity index (χ3n) is 6.33. The molecule has 33 heavy (non-hydrogen) atoms. The lowest BCUT2D eigenvalue weighted by Crippen LogP contribution is -2.31. The van der Waals surface area contributed by atoms with Gasteiger partial charge in [0.05, 0.1) is 15.6 Å². The van der Waals surface area contributed by atoms with Gasteiger partial charge in [0.25, 0.3) is 5.91 Å². The number of sulfone groups is 1. The van der Waals surface area contributed by atoms with Gasteiger partial charge in [0.1, 0.15) is 0 Å². The molecule has 0 saturated heterocycles. The minimum atomic E-state index is -3.42. The van der Waals surface area contributed by atoms with Crippen molar-refractivity contribution in [2.45, 2.75) is 51.3 Å². The Labute approximate surface area is 201 Å². The second-order valence-electron chi connectivity index (χ2n) is 9.85. The van der Waals surface area contributed by atoms with Crippen LogP contribution in [0.25, 0.3) is 0 Å². The zero-order chi connectivity index (χ0) is 24.4. The lowest BCUT2D eigenvalue weighted by molar-refractivity contribution is -0.121. The molecule has 3 rings (SSSR count). The highest BCUT2D eigenvalue weighted by atomic mass is 35.5. The van der Waals surface area contributed by atoms with Crippen LogP contribution >= 0.6 is 11.6 Å². The van der Waals surface area contributed by atoms with Crippen LogP contribution < -0.4 is 10.6 Å². The van der Waals surface area contributed by atoms with Gasteiger partial charge in [-0.15, -0.1) is 0 Å². The van der Waals surface area contributed by atoms with Crippen molar-refractivity contribution in [3.63, 3.8) is 0 Å². The second kappa shape index (κ2) is 9.85. The Morgan fingerprint density at radius 3 is 2.21 bits per heavy atom. The van der Waals surface area contributed by atoms with Gasteiger partial charge in [-0.3, -0.25) is 9.59 Å². The highest BCUT2D eigenvalue weighted by molar-refractivity contribution is 7.90. The molecule has 1 aliphatic rings. The molecule has 0 unspecified atom stereocenters. The predicted octanol–water partition coefficient (Wildman–Crippen LogP) is 5.79. The fourth-order valence-electron chi connectivity index (χ4n) is 4.22. The Balaban J connectivity index is 1.62. The summed E-state index contributed by atoms with van der Waals surface area (Å²) in [5, 5.41) is 5.90. The zero-order valence-electron chi connectivity index (χ0n) is 19.4. The summed E-state index contributed by atoms with van der Waals surface area (Å²) in [6.07, 6.45) is 4.94. The second-order valence-corrected chi connectivity index (χ2v) is 12.3. The van der Waals surface area contributed by atoms with Gasteiger partial charge in [-0.05, 0) is 73.4 Å². The molecule has 0 radical (unpaired) electrons. The molecule has 0 spiro atoms. The number of rotatable bonds is 5. The first-order valence-electron chi connectivity index (χ1n) is 11.1. The average molecular weight is 491 g/mol. The summed E-state index contributed by atoms with van der Waals surface area (Å²) in [5.41, 5.74) is 1.41. The molecule has 1 fully saturated rings. The maximum absolute atomic E-state index is 12.7. The van der Waals surface area contributed by atoms with Gasteiger partial charge >= 0.3 is 0 Å². The number of halogens is 1. The highest BCUT2D eigenvalue weighted by Crippen LogP contribution is 2.40. The summed E-state index contributed by atoms with van der Waals surface area (Å²) in [6, 6.07) is 10.7. The van der Waals surface area contributed by atoms with E-state index in [-0.39, 0.29) is 32.7 Å². The minimum Gasteiger partial charge on any atom is -0.326 e. The molecule has 0 bridgehead atoms. The molecule has 8 heteroatoms. The number of hydrogen-bond donors (Lipinski definition) is 2. The number of amides is 2. The van der Waals surface area contributed by atoms with Crippen LogP contribution in [0.3, 0.4) is 0 Å². The molecule has 2 aromatic rings. The SMILES string of the molecule is CC(C)(C)C1CCC(C(=O)Nc2ccc(NC(=O)c3cccc(S(C)(=O)=O)c3)c(Cl)c2)CC1. The molecule has 6 nitrogen and oxygen atoms in total. The van der Waals surface area contributed by atoms with Crippen LogP contribution in [0.15, 0.2) is 47.4 Å². The summed E-state index contributed by atoms with van der Waals surface area (Å²) in [5.74, 6) is 0.142. The molecule has 2 N–H and O–H groups in total. The van der Waals surface area contributed by atoms with Gasteiger partial charge in [-0.1, -0.05) is 38.4 Å². The first kappa shape index (κ1) is 25.2. The number of nitrogens with one attached hydrogen (secondary N) is 2. The largest absolute Gasteiger partial charge is 0.326 e. The Bertz CT molecular complexity index is 1150. The lowest BCUT2D eigenvalue weighted by atomic mass is 9.69. The minimum absolute atomic E-state index is 0.00667. The van der Waals surface area contributed by atoms with Crippen molar-refractivity contribution in [3.05, 3.63) is 53.1 Å². The standard InChI is InChI=1S/C25H31ClN2O4S/c1-25(2,3)18-10-8-16(9-11-18)23(29)27-19-12-13-22(21(26)15-19)28-24(30)17-6-5-7-20(14-17)33(4,31)32/h5-7,12-16,18H,8-11H2,1-4H3,(H,27,29)(H,28,30). The van der Waals surface area contributed by atoms with Crippen LogP contribution in [0, 0.1) is 17.3 Å². The number of hydrogen-bond acceptors (Lipinski definition) is 4. The molecular weight excluding hydrogens is 460 g/mol. The van der Waals surface area contributed by atoms with Crippen molar-refractivity contribution in [1.82, 2.24) is 0 Å². The van der Waals surface area contributed by atoms with E-state index in [4.69, 9.17) is 11.6 Å². The van der Waals surface area contributed by atoms with E-state index >= 15 is 0 Å². The highest BCUT2D eigenvalue weighted by Gasteiger charge is 2.32. The van der Waals surface area contributed by atoms with Crippen molar-refractivity contribution in [2.75, 3.05) is 16.9 Å². The first-order chi connectivity index (χ1) is 15.3. The van der Waals surface area contributed by atoms with Gasteiger partial charge in [0.2, 0.25) is 5.91 Å². The summed E-state index contributed by atoms with van der Waals surface area (Å²) >= 11 is 6.34. The van der Waals surface area contributed by atoms with Crippen LogP contribution in [0.2, 0.25) is 5.02 Å². The molecule has 2 aromatic carbocycles. The number of anilines is 2. The molecule has 0 aromatic heterocycles. The van der Waals surface area contributed by atoms with Crippen molar-refractivity contribution in [2.24, 2.45) is 17.3 Å². The third-order valence-corrected chi connectivity index (χ3v) is 7.75. The monoisotopic (exact) mass is 490 g/mol. The summed E-state index contributed by atoms with van der Waals surface area (Å²) in [7, 11) is -3.42. The van der Waals surface area contributed by atoms with E-state index in [1.165, 1.54) is 24.3 Å². The predicted molar refractivity (Wildman–Crippen MR) is 132 cm³/mol. The van der Waals surface area contributed by atoms with Crippen molar-refractivity contribution in [3.8, 4) is 0 Å². The molecule has 0 aliphatic heterocycles. The molecule has 2 amide bonds. The summed E-state index contributed by atoms with van der Waals surface area (Å²) < 4.78 is 23.5. The van der Waals surface area contributed by atoms with Crippen molar-refractivity contribution in [1.29, 1.82) is 0 Å². The molecule has 1 saturated carbocycles. The Morgan fingerprint density at radius 1 is 0.970 bits per heavy atom. The maximum atomic E-state index is 12.7. The fraction of sp³-hybridized carbons (Fsp3) is 0.440. The van der Waals surface area contributed by atoms with Crippen LogP contribution in [-0.4, -0.2) is 26.5 Å². The Hall–Kier alpha value is -2.38. The van der Waals surface area contributed by atoms with E-state index in [1.54, 1.807) is 18.2 Å². The van der Waals surface area contributed by atoms with Gasteiger partial charge in [0, 0.05) is 23.4 Å². The number of carbonyl (C=O) groups is 2. The first-order valence-corrected chi connectivity index (χ1v) is 13.3. The number of carbonyl (C=O) groups excluding carboxylic acids is 2. The van der Waals surface area contributed by atoms with Gasteiger partial charge in [-0.25, -0.2) is 8.42 Å². The number of benzene rings is 2. The maximum Gasteiger partial charge on any atom is 0.255 e. The van der Waals surface area contributed by atoms with E-state index in [0.29, 0.717) is 17.3 Å². The van der Waals surface area contributed by atoms with E-state index in [9.17, 15) is 18.0 Å². The van der Waals surface area contributed by atoms with Crippen molar-refractivity contribution < 1.29 is 18.0 Å². The smallest absolute Gasteiger partial charge is 0.255 e. The van der Waals surface area contributed by atoms with E-state index in [2.05, 4.69) is 31.4 Å². The quantitative estimate of drug-likeness (QED) is 0.555. The Morgan fingerprint density at radius 2 is 1.64 bits per heavy atom. The van der Waals surface area contributed by atoms with Crippen LogP contribution in [0.4, 0.5) is 11.4 Å². The summed E-state index contributed by atoms with van der Waals surface area (Å²) in [4.78, 5) is 25.4. The molecular formula is C25H31ClN2O4S. The normalized spacial score (nSPS) is 19.1. The molecule has 0 heterocycles. The van der Waals surface area contributed by atoms with Crippen LogP contribution in [0.1, 0.15) is 56.8 Å². The molecule has 1 aliphatic carbocycles. The van der Waals surface area contributed by atoms with Crippen LogP contribution in [0.5, 0.6) is 0 Å². The Kier molecular flexibility index (Phi) is 7.54. The zero-order valence-corrected chi connectivity index (χ0v) is 21.0. The van der Waals surface area contributed by atoms with Gasteiger partial charge < -0.3 is 10.6 Å². The molecule has 178 valence electrons. The third kappa shape index (κ3) is 6.58. The average Bonchev–Trinajstić information content (AvgIpc) is 2.74. The van der Waals surface area contributed by atoms with Crippen molar-refractivity contribution >= 4 is 44.6 Å². The van der Waals surface area contributed by atoms with Gasteiger partial charge in [-0.2, -0.15) is 0 Å². The lowest BCUT2D eigenvalue weighted by Gasteiger charge is -2.36. The van der Waals surface area contributed by atoms with Crippen LogP contribution in [-0.2, 0) is 14.6 Å². The van der Waals surface area contributed by atoms with E-state index < -0.39 is 15.7 Å². The van der Waals surface area contributed by atoms with E-state index in [0.717, 1.165) is 31.9 Å². The topological polar surface area (TPSA) is 92.3 Å². The molecule has 0 atom stereocenters. The fourth-order valence-corrected chi connectivity index (χ4v) is 5.12. The van der Waals surface area contributed by atoms with Gasteiger partial charge in [0.15, 0.2) is 9.84 Å².